The largest absolute Gasteiger partial charge is 0.339 e. The molecule has 0 unspecified atom stereocenters. The summed E-state index contributed by atoms with van der Waals surface area (Å²) in [6.07, 6.45) is 4.93. The van der Waals surface area contributed by atoms with Crippen molar-refractivity contribution in [2.75, 3.05) is 26.2 Å². The molecule has 6 heteroatoms. The van der Waals surface area contributed by atoms with E-state index in [0.29, 0.717) is 38.3 Å². The van der Waals surface area contributed by atoms with Gasteiger partial charge < -0.3 is 9.80 Å². The number of hydrogen-bond acceptors (Lipinski definition) is 4. The van der Waals surface area contributed by atoms with E-state index in [1.807, 2.05) is 36.1 Å². The Hall–Kier alpha value is -2.76. The number of amides is 2. The zero-order valence-electron chi connectivity index (χ0n) is 13.7. The molecule has 2 heterocycles. The Morgan fingerprint density at radius 1 is 1.04 bits per heavy atom. The number of aromatic nitrogens is 2. The Morgan fingerprint density at radius 2 is 1.75 bits per heavy atom. The number of carbonyl (C=O) groups is 2. The van der Waals surface area contributed by atoms with Crippen molar-refractivity contribution in [1.82, 2.24) is 19.8 Å². The van der Waals surface area contributed by atoms with E-state index in [9.17, 15) is 9.59 Å². The summed E-state index contributed by atoms with van der Waals surface area (Å²) >= 11 is 0. The molecule has 1 aromatic carbocycles. The fraction of sp³-hybridized carbons (Fsp3) is 0.333. The van der Waals surface area contributed by atoms with Gasteiger partial charge in [-0.3, -0.25) is 14.6 Å². The van der Waals surface area contributed by atoms with E-state index in [1.54, 1.807) is 11.1 Å². The van der Waals surface area contributed by atoms with Crippen LogP contribution in [-0.2, 0) is 11.2 Å². The van der Waals surface area contributed by atoms with Crippen LogP contribution < -0.4 is 0 Å². The highest BCUT2D eigenvalue weighted by atomic mass is 16.2. The summed E-state index contributed by atoms with van der Waals surface area (Å²) in [5.74, 6) is -0.0231. The van der Waals surface area contributed by atoms with E-state index in [0.717, 1.165) is 11.1 Å². The molecule has 6 nitrogen and oxygen atoms in total. The first-order valence-corrected chi connectivity index (χ1v) is 8.03. The molecule has 24 heavy (non-hydrogen) atoms. The van der Waals surface area contributed by atoms with Crippen LogP contribution in [0.2, 0.25) is 0 Å². The van der Waals surface area contributed by atoms with E-state index in [4.69, 9.17) is 0 Å². The van der Waals surface area contributed by atoms with E-state index in [-0.39, 0.29) is 11.8 Å². The summed E-state index contributed by atoms with van der Waals surface area (Å²) < 4.78 is 0. The molecule has 124 valence electrons. The fourth-order valence-corrected chi connectivity index (χ4v) is 2.81. The third kappa shape index (κ3) is 3.59. The molecule has 2 amide bonds. The molecule has 0 bridgehead atoms. The molecular formula is C18H20N4O2. The van der Waals surface area contributed by atoms with Crippen LogP contribution in [-0.4, -0.2) is 57.8 Å². The maximum absolute atomic E-state index is 12.5. The summed E-state index contributed by atoms with van der Waals surface area (Å²) in [7, 11) is 0. The predicted molar refractivity (Wildman–Crippen MR) is 89.4 cm³/mol. The first-order valence-electron chi connectivity index (χ1n) is 8.03. The second kappa shape index (κ2) is 7.21. The monoisotopic (exact) mass is 324 g/mol. The van der Waals surface area contributed by atoms with Crippen LogP contribution in [0.15, 0.2) is 42.9 Å². The molecule has 0 radical (unpaired) electrons. The molecule has 0 atom stereocenters. The quantitative estimate of drug-likeness (QED) is 0.854. The molecule has 2 aromatic rings. The third-order valence-electron chi connectivity index (χ3n) is 4.30. The summed E-state index contributed by atoms with van der Waals surface area (Å²) in [6.45, 7) is 4.16. The Morgan fingerprint density at radius 3 is 2.42 bits per heavy atom. The van der Waals surface area contributed by atoms with Crippen molar-refractivity contribution in [3.05, 3.63) is 59.7 Å². The summed E-state index contributed by atoms with van der Waals surface area (Å²) in [5.41, 5.74) is 2.53. The molecule has 0 saturated carbocycles. The Bertz CT molecular complexity index is 725. The third-order valence-corrected chi connectivity index (χ3v) is 4.30. The van der Waals surface area contributed by atoms with E-state index in [1.165, 1.54) is 12.4 Å². The standard InChI is InChI=1S/C18H20N4O2/c1-14-4-2-3-5-15(14)12-17(23)21-8-10-22(11-9-21)18(24)16-13-19-6-7-20-16/h2-7,13H,8-12H2,1H3. The zero-order chi connectivity index (χ0) is 16.9. The number of nitrogens with zero attached hydrogens (tertiary/aromatic N) is 4. The fourth-order valence-electron chi connectivity index (χ4n) is 2.81. The minimum absolute atomic E-state index is 0.107. The Labute approximate surface area is 141 Å². The minimum atomic E-state index is -0.130. The van der Waals surface area contributed by atoms with Crippen molar-refractivity contribution >= 4 is 11.8 Å². The van der Waals surface area contributed by atoms with Gasteiger partial charge in [-0.15, -0.1) is 0 Å². The molecular weight excluding hydrogens is 304 g/mol. The van der Waals surface area contributed by atoms with Gasteiger partial charge in [-0.25, -0.2) is 4.98 Å². The molecule has 1 fully saturated rings. The van der Waals surface area contributed by atoms with Crippen LogP contribution in [0.25, 0.3) is 0 Å². The van der Waals surface area contributed by atoms with Crippen molar-refractivity contribution in [3.63, 3.8) is 0 Å². The number of benzene rings is 1. The predicted octanol–water partition coefficient (Wildman–Crippen LogP) is 1.31. The van der Waals surface area contributed by atoms with Gasteiger partial charge in [0.15, 0.2) is 0 Å². The van der Waals surface area contributed by atoms with Crippen LogP contribution in [0, 0.1) is 6.92 Å². The number of rotatable bonds is 3. The molecule has 0 N–H and O–H groups in total. The highest BCUT2D eigenvalue weighted by Crippen LogP contribution is 2.12. The first kappa shape index (κ1) is 16.1. The lowest BCUT2D eigenvalue weighted by Gasteiger charge is -2.34. The SMILES string of the molecule is Cc1ccccc1CC(=O)N1CCN(C(=O)c2cnccn2)CC1. The summed E-state index contributed by atoms with van der Waals surface area (Å²) in [4.78, 5) is 36.3. The molecule has 0 spiro atoms. The second-order valence-electron chi connectivity index (χ2n) is 5.87. The number of carbonyl (C=O) groups excluding carboxylic acids is 2. The molecule has 1 aliphatic heterocycles. The van der Waals surface area contributed by atoms with Gasteiger partial charge in [0.05, 0.1) is 12.6 Å². The van der Waals surface area contributed by atoms with Gasteiger partial charge in [-0.1, -0.05) is 24.3 Å². The highest BCUT2D eigenvalue weighted by Gasteiger charge is 2.25. The van der Waals surface area contributed by atoms with Crippen molar-refractivity contribution in [1.29, 1.82) is 0 Å². The maximum atomic E-state index is 12.5. The van der Waals surface area contributed by atoms with Gasteiger partial charge in [0.1, 0.15) is 5.69 Å². The Kier molecular flexibility index (Phi) is 4.84. The molecule has 1 saturated heterocycles. The van der Waals surface area contributed by atoms with E-state index < -0.39 is 0 Å². The van der Waals surface area contributed by atoms with Crippen molar-refractivity contribution < 1.29 is 9.59 Å². The minimum Gasteiger partial charge on any atom is -0.339 e. The van der Waals surface area contributed by atoms with Gasteiger partial charge in [-0.2, -0.15) is 0 Å². The lowest BCUT2D eigenvalue weighted by molar-refractivity contribution is -0.131. The lowest BCUT2D eigenvalue weighted by Crippen LogP contribution is -2.51. The van der Waals surface area contributed by atoms with Crippen molar-refractivity contribution in [2.45, 2.75) is 13.3 Å². The summed E-state index contributed by atoms with van der Waals surface area (Å²) in [5, 5.41) is 0. The highest BCUT2D eigenvalue weighted by molar-refractivity contribution is 5.92. The van der Waals surface area contributed by atoms with Crippen LogP contribution >= 0.6 is 0 Å². The molecule has 3 rings (SSSR count). The van der Waals surface area contributed by atoms with Crippen molar-refractivity contribution in [3.8, 4) is 0 Å². The van der Waals surface area contributed by atoms with Crippen LogP contribution in [0.5, 0.6) is 0 Å². The van der Waals surface area contributed by atoms with Crippen LogP contribution in [0.1, 0.15) is 21.6 Å². The van der Waals surface area contributed by atoms with Gasteiger partial charge in [-0.05, 0) is 18.1 Å². The smallest absolute Gasteiger partial charge is 0.274 e. The maximum Gasteiger partial charge on any atom is 0.274 e. The number of aryl methyl sites for hydroxylation is 1. The van der Waals surface area contributed by atoms with Gasteiger partial charge in [0.2, 0.25) is 5.91 Å². The first-order chi connectivity index (χ1) is 11.6. The number of piperazine rings is 1. The average molecular weight is 324 g/mol. The molecule has 1 aromatic heterocycles. The van der Waals surface area contributed by atoms with E-state index >= 15 is 0 Å². The van der Waals surface area contributed by atoms with Crippen LogP contribution in [0.3, 0.4) is 0 Å². The van der Waals surface area contributed by atoms with Gasteiger partial charge in [0, 0.05) is 38.6 Å². The van der Waals surface area contributed by atoms with Crippen LogP contribution in [0.4, 0.5) is 0 Å². The molecule has 1 aliphatic rings. The Balaban J connectivity index is 1.56. The van der Waals surface area contributed by atoms with Gasteiger partial charge >= 0.3 is 0 Å². The zero-order valence-corrected chi connectivity index (χ0v) is 13.7. The average Bonchev–Trinajstić information content (AvgIpc) is 2.64. The molecule has 0 aliphatic carbocycles. The van der Waals surface area contributed by atoms with Crippen molar-refractivity contribution in [2.24, 2.45) is 0 Å². The van der Waals surface area contributed by atoms with E-state index in [2.05, 4.69) is 9.97 Å². The topological polar surface area (TPSA) is 66.4 Å². The second-order valence-corrected chi connectivity index (χ2v) is 5.87. The number of hydrogen-bond donors (Lipinski definition) is 0. The normalized spacial score (nSPS) is 14.5. The van der Waals surface area contributed by atoms with Gasteiger partial charge in [0.25, 0.3) is 5.91 Å². The summed E-state index contributed by atoms with van der Waals surface area (Å²) in [6, 6.07) is 7.93. The lowest BCUT2D eigenvalue weighted by atomic mass is 10.1.